The van der Waals surface area contributed by atoms with Gasteiger partial charge in [-0.2, -0.15) is 0 Å². The number of rotatable bonds is 0. The first-order valence-corrected chi connectivity index (χ1v) is 1.84. The molecule has 0 aromatic carbocycles. The zero-order valence-corrected chi connectivity index (χ0v) is 11.0. The van der Waals surface area contributed by atoms with Crippen LogP contribution in [0.5, 0.6) is 0 Å². The summed E-state index contributed by atoms with van der Waals surface area (Å²) < 4.78 is 0. The summed E-state index contributed by atoms with van der Waals surface area (Å²) in [4.78, 5) is 25.0. The summed E-state index contributed by atoms with van der Waals surface area (Å²) in [7, 11) is 0. The van der Waals surface area contributed by atoms with E-state index in [9.17, 15) is 0 Å². The standard InChI is InChI=1S/3CH2O3.Ca.Zr/c3*2-1(3)4;;/h3*(H2,2,3,4);;/q;;;+2;+4/p-6. The molecule has 9 nitrogen and oxygen atoms in total. The number of carbonyl (C=O) groups excluding carboxylic acids is 3. The molecule has 0 unspecified atom stereocenters. The van der Waals surface area contributed by atoms with Gasteiger partial charge >= 0.3 is 63.9 Å². The summed E-state index contributed by atoms with van der Waals surface area (Å²) >= 11 is 0. The van der Waals surface area contributed by atoms with Crippen molar-refractivity contribution in [2.24, 2.45) is 0 Å². The molecule has 0 aliphatic carbocycles. The molecule has 11 heteroatoms. The summed E-state index contributed by atoms with van der Waals surface area (Å²) in [6.07, 6.45) is -7.00. The molecule has 0 atom stereocenters. The van der Waals surface area contributed by atoms with Crippen LogP contribution in [0.15, 0.2) is 0 Å². The van der Waals surface area contributed by atoms with Crippen molar-refractivity contribution in [1.82, 2.24) is 0 Å². The van der Waals surface area contributed by atoms with Crippen molar-refractivity contribution in [3.05, 3.63) is 0 Å². The fraction of sp³-hybridized carbons (Fsp3) is 0. The van der Waals surface area contributed by atoms with Gasteiger partial charge in [0.05, 0.1) is 0 Å². The first-order valence-electron chi connectivity index (χ1n) is 1.84. The minimum atomic E-state index is -2.33. The molecule has 0 N–H and O–H groups in total. The van der Waals surface area contributed by atoms with Gasteiger partial charge < -0.3 is 45.0 Å². The van der Waals surface area contributed by atoms with Crippen LogP contribution in [0, 0.1) is 0 Å². The van der Waals surface area contributed by atoms with E-state index in [1.165, 1.54) is 0 Å². The van der Waals surface area contributed by atoms with Crippen molar-refractivity contribution in [1.29, 1.82) is 0 Å². The van der Waals surface area contributed by atoms with Crippen LogP contribution in [0.25, 0.3) is 0 Å². The maximum Gasteiger partial charge on any atom is 4.00 e. The molecule has 0 radical (unpaired) electrons. The third-order valence-corrected chi connectivity index (χ3v) is 0. The quantitative estimate of drug-likeness (QED) is 0.391. The Morgan fingerprint density at radius 1 is 0.571 bits per heavy atom. The van der Waals surface area contributed by atoms with Gasteiger partial charge in [0.25, 0.3) is 0 Å². The Balaban J connectivity index is -0.0000000270. The van der Waals surface area contributed by atoms with Crippen LogP contribution in [-0.4, -0.2) is 56.2 Å². The molecule has 0 bridgehead atoms. The first-order chi connectivity index (χ1) is 5.20. The van der Waals surface area contributed by atoms with E-state index in [4.69, 9.17) is 45.0 Å². The maximum atomic E-state index is 8.33. The van der Waals surface area contributed by atoms with Gasteiger partial charge in [-0.15, -0.1) is 0 Å². The molecule has 0 aliphatic heterocycles. The predicted molar refractivity (Wildman–Crippen MR) is 21.9 cm³/mol. The van der Waals surface area contributed by atoms with Crippen LogP contribution in [0.3, 0.4) is 0 Å². The van der Waals surface area contributed by atoms with Crippen molar-refractivity contribution in [3.8, 4) is 0 Å². The smallest absolute Gasteiger partial charge is 0.652 e. The number of carboxylic acid groups (broad SMARTS) is 6. The molecule has 0 aliphatic rings. The van der Waals surface area contributed by atoms with Gasteiger partial charge in [0.2, 0.25) is 0 Å². The van der Waals surface area contributed by atoms with Gasteiger partial charge in [0.1, 0.15) is 0 Å². The molecular weight excluding hydrogens is 311 g/mol. The average Bonchev–Trinajstić information content (AvgIpc) is 1.54. The first kappa shape index (κ1) is 29.2. The second-order valence-corrected chi connectivity index (χ2v) is 0.750. The van der Waals surface area contributed by atoms with Crippen molar-refractivity contribution in [2.45, 2.75) is 0 Å². The maximum absolute atomic E-state index is 8.33. The van der Waals surface area contributed by atoms with Gasteiger partial charge in [0.15, 0.2) is 0 Å². The fourth-order valence-electron chi connectivity index (χ4n) is 0. The molecule has 0 aromatic heterocycles. The Kier molecular flexibility index (Phi) is 48.2. The van der Waals surface area contributed by atoms with E-state index in [2.05, 4.69) is 0 Å². The van der Waals surface area contributed by atoms with Crippen LogP contribution in [0.4, 0.5) is 14.4 Å². The number of hydrogen-bond acceptors (Lipinski definition) is 9. The largest absolute Gasteiger partial charge is 4.00 e. The predicted octanol–water partition coefficient (Wildman–Crippen LogP) is -7.72. The summed E-state index contributed by atoms with van der Waals surface area (Å²) in [5, 5.41) is 50.0. The zero-order valence-electron chi connectivity index (χ0n) is 6.38. The molecule has 0 aromatic rings. The third-order valence-electron chi connectivity index (χ3n) is 0. The number of carbonyl (C=O) groups is 3. The average molecular weight is 311 g/mol. The molecule has 0 spiro atoms. The van der Waals surface area contributed by atoms with Crippen molar-refractivity contribution in [3.63, 3.8) is 0 Å². The topological polar surface area (TPSA) is 190 Å². The Morgan fingerprint density at radius 2 is 0.571 bits per heavy atom. The Morgan fingerprint density at radius 3 is 0.571 bits per heavy atom. The van der Waals surface area contributed by atoms with Gasteiger partial charge in [-0.25, -0.2) is 0 Å². The molecule has 0 amide bonds. The van der Waals surface area contributed by atoms with E-state index in [1.54, 1.807) is 0 Å². The van der Waals surface area contributed by atoms with Gasteiger partial charge in [-0.05, 0) is 18.5 Å². The van der Waals surface area contributed by atoms with E-state index in [0.29, 0.717) is 0 Å². The third kappa shape index (κ3) is 645000. The summed E-state index contributed by atoms with van der Waals surface area (Å²) in [5.41, 5.74) is 0. The van der Waals surface area contributed by atoms with E-state index in [-0.39, 0.29) is 63.9 Å². The Bertz CT molecular complexity index is 118. The van der Waals surface area contributed by atoms with Crippen LogP contribution in [0.2, 0.25) is 0 Å². The second kappa shape index (κ2) is 23.1. The summed E-state index contributed by atoms with van der Waals surface area (Å²) in [6.45, 7) is 0. The van der Waals surface area contributed by atoms with Gasteiger partial charge in [0, 0.05) is 0 Å². The second-order valence-electron chi connectivity index (χ2n) is 0.750. The van der Waals surface area contributed by atoms with E-state index >= 15 is 0 Å². The van der Waals surface area contributed by atoms with Crippen LogP contribution >= 0.6 is 0 Å². The van der Waals surface area contributed by atoms with Crippen molar-refractivity contribution in [2.75, 3.05) is 0 Å². The molecule has 72 valence electrons. The van der Waals surface area contributed by atoms with Crippen molar-refractivity contribution < 1.29 is 71.2 Å². The normalized spacial score (nSPS) is 5.14. The minimum absolute atomic E-state index is 0. The van der Waals surface area contributed by atoms with Crippen LogP contribution < -0.4 is 30.6 Å². The van der Waals surface area contributed by atoms with Crippen LogP contribution in [0.1, 0.15) is 0 Å². The molecule has 0 saturated heterocycles. The molecule has 14 heavy (non-hydrogen) atoms. The molecule has 0 heterocycles. The SMILES string of the molecule is O=C([O-])[O-].O=C([O-])[O-].O=C([O-])[O-].[Ca+2].[Zr+4]. The van der Waals surface area contributed by atoms with Gasteiger partial charge in [-0.3, -0.25) is 0 Å². The molecular formula is C3CaO9Zr. The summed E-state index contributed by atoms with van der Waals surface area (Å²) in [5.74, 6) is 0. The molecule has 0 saturated carbocycles. The van der Waals surface area contributed by atoms with Crippen molar-refractivity contribution >= 4 is 56.2 Å². The monoisotopic (exact) mass is 310 g/mol. The summed E-state index contributed by atoms with van der Waals surface area (Å²) in [6, 6.07) is 0. The minimum Gasteiger partial charge on any atom is -0.652 e. The Labute approximate surface area is 126 Å². The van der Waals surface area contributed by atoms with E-state index in [1.807, 2.05) is 0 Å². The fourth-order valence-corrected chi connectivity index (χ4v) is 0. The zero-order chi connectivity index (χ0) is 10.7. The van der Waals surface area contributed by atoms with E-state index in [0.717, 1.165) is 0 Å². The molecule has 0 rings (SSSR count). The van der Waals surface area contributed by atoms with E-state index < -0.39 is 18.5 Å². The molecule has 0 fully saturated rings. The van der Waals surface area contributed by atoms with Gasteiger partial charge in [-0.1, -0.05) is 0 Å². The number of hydrogen-bond donors (Lipinski definition) is 0. The van der Waals surface area contributed by atoms with Crippen LogP contribution in [-0.2, 0) is 26.2 Å². The Hall–Kier alpha value is -0.0471.